The zero-order chi connectivity index (χ0) is 28.8. The Morgan fingerprint density at radius 2 is 1.51 bits per heavy atom. The van der Waals surface area contributed by atoms with E-state index in [1.807, 2.05) is 0 Å². The van der Waals surface area contributed by atoms with Crippen LogP contribution in [-0.2, 0) is 23.9 Å². The number of nitro groups is 1. The van der Waals surface area contributed by atoms with Gasteiger partial charge < -0.3 is 25.4 Å². The van der Waals surface area contributed by atoms with Gasteiger partial charge in [0.05, 0.1) is 41.8 Å². The minimum Gasteiger partial charge on any atom is -0.462 e. The van der Waals surface area contributed by atoms with E-state index < -0.39 is 27.9 Å². The van der Waals surface area contributed by atoms with Gasteiger partial charge in [-0.05, 0) is 38.2 Å². The quantitative estimate of drug-likeness (QED) is 0.123. The van der Waals surface area contributed by atoms with Crippen molar-refractivity contribution in [2.75, 3.05) is 19.8 Å². The van der Waals surface area contributed by atoms with E-state index in [9.17, 15) is 29.8 Å². The number of carbonyl (C=O) groups excluding carboxylic acids is 2. The van der Waals surface area contributed by atoms with Crippen molar-refractivity contribution in [2.24, 2.45) is 5.73 Å². The number of nitro benzene ring substituents is 1. The highest BCUT2D eigenvalue weighted by atomic mass is 16.9. The lowest BCUT2D eigenvalue weighted by molar-refractivity contribution is -0.757. The van der Waals surface area contributed by atoms with Gasteiger partial charge in [-0.3, -0.25) is 10.1 Å². The molecule has 3 N–H and O–H groups in total. The number of non-ortho nitro benzene ring substituents is 1. The molecule has 1 unspecified atom stereocenters. The van der Waals surface area contributed by atoms with Gasteiger partial charge in [-0.1, -0.05) is 44.7 Å². The van der Waals surface area contributed by atoms with Crippen LogP contribution in [0, 0.1) is 20.2 Å². The van der Waals surface area contributed by atoms with Gasteiger partial charge in [0, 0.05) is 17.8 Å². The molecule has 0 aliphatic carbocycles. The van der Waals surface area contributed by atoms with Gasteiger partial charge in [0.15, 0.2) is 0 Å². The van der Waals surface area contributed by atoms with Crippen LogP contribution in [0.5, 0.6) is 0 Å². The molecule has 1 atom stereocenters. The monoisotopic (exact) mass is 548 g/mol. The second kappa shape index (κ2) is 15.9. The van der Waals surface area contributed by atoms with Crippen molar-refractivity contribution in [1.29, 1.82) is 0 Å². The van der Waals surface area contributed by atoms with Crippen molar-refractivity contribution in [3.05, 3.63) is 72.7 Å². The Morgan fingerprint density at radius 3 is 2.10 bits per heavy atom. The number of esters is 2. The first-order chi connectivity index (χ1) is 18.7. The normalized spacial score (nSPS) is 15.0. The van der Waals surface area contributed by atoms with E-state index in [2.05, 4.69) is 17.1 Å². The number of allylic oxidation sites excluding steroid dienone is 1. The SMILES string of the molecule is CCCCCCOC(=O)C1=C(C)NC(N)=C(C(=O)OCCCCCCO[N+](=O)[O-])C1c1cccc([N+](=O)[O-])c1. The number of hydrogen-bond donors (Lipinski definition) is 2. The van der Waals surface area contributed by atoms with E-state index in [1.165, 1.54) is 18.2 Å². The number of nitrogens with one attached hydrogen (secondary N) is 1. The van der Waals surface area contributed by atoms with Crippen molar-refractivity contribution in [2.45, 2.75) is 71.1 Å². The summed E-state index contributed by atoms with van der Waals surface area (Å²) in [7, 11) is 0. The van der Waals surface area contributed by atoms with Crippen molar-refractivity contribution in [3.8, 4) is 0 Å². The molecule has 0 bridgehead atoms. The van der Waals surface area contributed by atoms with Crippen LogP contribution in [0.2, 0.25) is 0 Å². The Kier molecular flexibility index (Phi) is 12.7. The van der Waals surface area contributed by atoms with E-state index in [0.29, 0.717) is 43.4 Å². The van der Waals surface area contributed by atoms with Crippen LogP contribution in [0.25, 0.3) is 0 Å². The second-order valence-electron chi connectivity index (χ2n) is 9.08. The molecule has 2 rings (SSSR count). The number of dihydropyridines is 1. The summed E-state index contributed by atoms with van der Waals surface area (Å²) < 4.78 is 11.0. The number of rotatable bonds is 17. The highest BCUT2D eigenvalue weighted by molar-refractivity contribution is 5.99. The first-order valence-corrected chi connectivity index (χ1v) is 13.0. The fourth-order valence-corrected chi connectivity index (χ4v) is 4.21. The van der Waals surface area contributed by atoms with Gasteiger partial charge in [0.1, 0.15) is 5.82 Å². The van der Waals surface area contributed by atoms with Gasteiger partial charge >= 0.3 is 11.9 Å². The highest BCUT2D eigenvalue weighted by Gasteiger charge is 2.39. The predicted molar refractivity (Wildman–Crippen MR) is 140 cm³/mol. The summed E-state index contributed by atoms with van der Waals surface area (Å²) in [6.45, 7) is 3.94. The van der Waals surface area contributed by atoms with Crippen LogP contribution in [0.15, 0.2) is 46.9 Å². The molecule has 0 saturated heterocycles. The molecule has 0 amide bonds. The molecule has 39 heavy (non-hydrogen) atoms. The highest BCUT2D eigenvalue weighted by Crippen LogP contribution is 2.39. The third-order valence-electron chi connectivity index (χ3n) is 6.15. The Labute approximate surface area is 226 Å². The Balaban J connectivity index is 2.21. The van der Waals surface area contributed by atoms with Gasteiger partial charge in [0.2, 0.25) is 0 Å². The summed E-state index contributed by atoms with van der Waals surface area (Å²) in [5.74, 6) is -2.48. The van der Waals surface area contributed by atoms with Crippen molar-refractivity contribution in [1.82, 2.24) is 5.32 Å². The van der Waals surface area contributed by atoms with Gasteiger partial charge in [-0.25, -0.2) is 9.59 Å². The number of benzene rings is 1. The number of carbonyl (C=O) groups is 2. The van der Waals surface area contributed by atoms with Crippen LogP contribution in [0.3, 0.4) is 0 Å². The summed E-state index contributed by atoms with van der Waals surface area (Å²) in [4.78, 5) is 51.8. The minimum absolute atomic E-state index is 0.00403. The van der Waals surface area contributed by atoms with Gasteiger partial charge in [0.25, 0.3) is 10.8 Å². The predicted octanol–water partition coefficient (Wildman–Crippen LogP) is 4.16. The maximum Gasteiger partial charge on any atom is 0.338 e. The van der Waals surface area contributed by atoms with Crippen molar-refractivity contribution in [3.63, 3.8) is 0 Å². The minimum atomic E-state index is -1.04. The van der Waals surface area contributed by atoms with E-state index in [4.69, 9.17) is 15.2 Å². The summed E-state index contributed by atoms with van der Waals surface area (Å²) in [6, 6.07) is 5.67. The lowest BCUT2D eigenvalue weighted by Crippen LogP contribution is -2.36. The number of ether oxygens (including phenoxy) is 2. The molecule has 1 aliphatic heterocycles. The molecule has 13 heteroatoms. The molecule has 0 spiro atoms. The first-order valence-electron chi connectivity index (χ1n) is 13.0. The number of nitrogens with two attached hydrogens (primary N) is 1. The zero-order valence-electron chi connectivity index (χ0n) is 22.3. The zero-order valence-corrected chi connectivity index (χ0v) is 22.3. The van der Waals surface area contributed by atoms with Crippen LogP contribution < -0.4 is 11.1 Å². The topological polar surface area (TPSA) is 186 Å². The Morgan fingerprint density at radius 1 is 0.923 bits per heavy atom. The Bertz CT molecular complexity index is 1100. The number of unbranched alkanes of at least 4 members (excludes halogenated alkanes) is 6. The molecular formula is C26H36N4O9. The largest absolute Gasteiger partial charge is 0.462 e. The lowest BCUT2D eigenvalue weighted by atomic mass is 9.81. The first kappa shape index (κ1) is 31.1. The number of hydrogen-bond acceptors (Lipinski definition) is 11. The molecule has 1 aliphatic rings. The summed E-state index contributed by atoms with van der Waals surface area (Å²) >= 11 is 0. The van der Waals surface area contributed by atoms with E-state index in [0.717, 1.165) is 19.3 Å². The standard InChI is InChI=1S/C26H36N4O9/c1-3-4-5-8-14-37-25(31)21-18(2)28-24(27)23(22(21)19-12-11-13-20(17-19)29(33)34)26(32)38-15-9-6-7-10-16-39-30(35)36/h11-13,17,22,28H,3-10,14-16,27H2,1-2H3. The van der Waals surface area contributed by atoms with Crippen LogP contribution in [-0.4, -0.2) is 41.8 Å². The molecule has 1 heterocycles. The summed E-state index contributed by atoms with van der Waals surface area (Å²) in [6.07, 6.45) is 5.90. The van der Waals surface area contributed by atoms with Crippen molar-refractivity contribution < 1.29 is 33.9 Å². The van der Waals surface area contributed by atoms with Gasteiger partial charge in [-0.15, -0.1) is 10.1 Å². The summed E-state index contributed by atoms with van der Waals surface area (Å²) in [5.41, 5.74) is 6.77. The third-order valence-corrected chi connectivity index (χ3v) is 6.15. The third kappa shape index (κ3) is 9.58. The van der Waals surface area contributed by atoms with E-state index >= 15 is 0 Å². The second-order valence-corrected chi connectivity index (χ2v) is 9.08. The molecule has 0 saturated carbocycles. The van der Waals surface area contributed by atoms with Gasteiger partial charge in [-0.2, -0.15) is 0 Å². The van der Waals surface area contributed by atoms with Crippen LogP contribution >= 0.6 is 0 Å². The Hall–Kier alpha value is -4.16. The molecule has 1 aromatic carbocycles. The van der Waals surface area contributed by atoms with E-state index in [-0.39, 0.29) is 42.5 Å². The van der Waals surface area contributed by atoms with Crippen LogP contribution in [0.4, 0.5) is 5.69 Å². The molecule has 0 fully saturated rings. The fourth-order valence-electron chi connectivity index (χ4n) is 4.21. The molecule has 1 aromatic rings. The average Bonchev–Trinajstić information content (AvgIpc) is 2.89. The summed E-state index contributed by atoms with van der Waals surface area (Å²) in [5, 5.41) is 23.6. The molecule has 214 valence electrons. The maximum absolute atomic E-state index is 13.2. The molecule has 0 aromatic heterocycles. The maximum atomic E-state index is 13.2. The lowest BCUT2D eigenvalue weighted by Gasteiger charge is -2.30. The van der Waals surface area contributed by atoms with Crippen LogP contribution in [0.1, 0.15) is 76.7 Å². The smallest absolute Gasteiger partial charge is 0.338 e. The van der Waals surface area contributed by atoms with E-state index in [1.54, 1.807) is 13.0 Å². The molecule has 13 nitrogen and oxygen atoms in total. The average molecular weight is 549 g/mol. The van der Waals surface area contributed by atoms with Crippen molar-refractivity contribution >= 4 is 17.6 Å². The molecule has 0 radical (unpaired) electrons. The number of nitrogens with zero attached hydrogens (tertiary/aromatic N) is 2. The molecular weight excluding hydrogens is 512 g/mol. The fraction of sp³-hybridized carbons (Fsp3) is 0.538.